The standard InChI is InChI=1S/C41H35FN2O5/c1-2-43-41(46)39-38(32-19-17-29(25-45)18-20-32)40(49-44-39)35-23-33(21-16-28-14-9-15-34(42)22-28)36(47-26-30-10-5-3-6-11-30)24-37(35)48-27-31-12-7-4-8-13-31/h3-15,17-20,22-25H,2,16,21,26-27H2,1H3,(H,43,46). The van der Waals surface area contributed by atoms with Gasteiger partial charge in [0.2, 0.25) is 0 Å². The molecule has 5 aromatic carbocycles. The van der Waals surface area contributed by atoms with E-state index in [1.165, 1.54) is 12.1 Å². The lowest BCUT2D eigenvalue weighted by Gasteiger charge is -2.18. The summed E-state index contributed by atoms with van der Waals surface area (Å²) in [5, 5.41) is 7.05. The van der Waals surface area contributed by atoms with E-state index in [1.54, 1.807) is 30.3 Å². The average Bonchev–Trinajstić information content (AvgIpc) is 3.59. The number of amides is 1. The molecule has 6 rings (SSSR count). The molecule has 0 fully saturated rings. The molecule has 0 saturated carbocycles. The maximum Gasteiger partial charge on any atom is 0.274 e. The van der Waals surface area contributed by atoms with Crippen LogP contribution in [0.4, 0.5) is 4.39 Å². The van der Waals surface area contributed by atoms with Gasteiger partial charge in [0, 0.05) is 18.2 Å². The molecule has 49 heavy (non-hydrogen) atoms. The van der Waals surface area contributed by atoms with Crippen molar-refractivity contribution in [3.8, 4) is 33.9 Å². The quantitative estimate of drug-likeness (QED) is 0.118. The largest absolute Gasteiger partial charge is 0.488 e. The Balaban J connectivity index is 1.50. The number of hydrogen-bond donors (Lipinski definition) is 1. The van der Waals surface area contributed by atoms with Crippen LogP contribution in [0.1, 0.15) is 50.0 Å². The van der Waals surface area contributed by atoms with Crippen LogP contribution in [0.2, 0.25) is 0 Å². The Hall–Kier alpha value is -6.02. The van der Waals surface area contributed by atoms with Crippen LogP contribution in [-0.4, -0.2) is 23.9 Å². The lowest BCUT2D eigenvalue weighted by atomic mass is 9.95. The number of hydrogen-bond acceptors (Lipinski definition) is 6. The van der Waals surface area contributed by atoms with Crippen LogP contribution in [0.25, 0.3) is 22.5 Å². The Labute approximate surface area is 284 Å². The number of nitrogens with zero attached hydrogens (tertiary/aromatic N) is 1. The number of halogens is 1. The van der Waals surface area contributed by atoms with Crippen LogP contribution in [0.5, 0.6) is 11.5 Å². The second kappa shape index (κ2) is 15.7. The number of aromatic nitrogens is 1. The SMILES string of the molecule is CCNC(=O)c1noc(-c2cc(CCc3cccc(F)c3)c(OCc3ccccc3)cc2OCc2ccccc2)c1-c1ccc(C=O)cc1. The monoisotopic (exact) mass is 654 g/mol. The third kappa shape index (κ3) is 8.11. The molecule has 7 nitrogen and oxygen atoms in total. The van der Waals surface area contributed by atoms with Crippen molar-refractivity contribution in [2.45, 2.75) is 33.0 Å². The van der Waals surface area contributed by atoms with Crippen molar-refractivity contribution < 1.29 is 28.0 Å². The molecule has 1 aromatic heterocycles. The van der Waals surface area contributed by atoms with Gasteiger partial charge in [-0.15, -0.1) is 0 Å². The Kier molecular flexibility index (Phi) is 10.6. The highest BCUT2D eigenvalue weighted by molar-refractivity contribution is 6.02. The summed E-state index contributed by atoms with van der Waals surface area (Å²) >= 11 is 0. The van der Waals surface area contributed by atoms with Crippen molar-refractivity contribution in [2.24, 2.45) is 0 Å². The van der Waals surface area contributed by atoms with Crippen molar-refractivity contribution in [1.29, 1.82) is 0 Å². The van der Waals surface area contributed by atoms with E-state index in [1.807, 2.05) is 85.8 Å². The van der Waals surface area contributed by atoms with Gasteiger partial charge in [0.15, 0.2) is 11.5 Å². The molecule has 1 heterocycles. The molecule has 0 aliphatic heterocycles. The van der Waals surface area contributed by atoms with E-state index in [0.29, 0.717) is 65.5 Å². The van der Waals surface area contributed by atoms with Crippen molar-refractivity contribution >= 4 is 12.2 Å². The summed E-state index contributed by atoms with van der Waals surface area (Å²) in [5.74, 6) is 0.698. The lowest BCUT2D eigenvalue weighted by Crippen LogP contribution is -2.23. The molecule has 0 radical (unpaired) electrons. The zero-order valence-electron chi connectivity index (χ0n) is 27.0. The van der Waals surface area contributed by atoms with Crippen LogP contribution in [0, 0.1) is 5.82 Å². The molecule has 0 spiro atoms. The molecule has 0 aliphatic carbocycles. The van der Waals surface area contributed by atoms with Crippen LogP contribution in [-0.2, 0) is 26.1 Å². The molecular formula is C41H35FN2O5. The maximum atomic E-state index is 14.1. The fraction of sp³-hybridized carbons (Fsp3) is 0.146. The second-order valence-electron chi connectivity index (χ2n) is 11.5. The number of carbonyl (C=O) groups is 2. The summed E-state index contributed by atoms with van der Waals surface area (Å²) in [6.07, 6.45) is 1.82. The molecule has 0 saturated heterocycles. The highest BCUT2D eigenvalue weighted by atomic mass is 19.1. The average molecular weight is 655 g/mol. The highest BCUT2D eigenvalue weighted by Crippen LogP contribution is 2.43. The van der Waals surface area contributed by atoms with Gasteiger partial charge >= 0.3 is 0 Å². The van der Waals surface area contributed by atoms with E-state index < -0.39 is 5.91 Å². The van der Waals surface area contributed by atoms with Gasteiger partial charge < -0.3 is 19.3 Å². The molecule has 0 aliphatic rings. The van der Waals surface area contributed by atoms with Crippen molar-refractivity contribution in [1.82, 2.24) is 10.5 Å². The van der Waals surface area contributed by atoms with Gasteiger partial charge in [-0.05, 0) is 65.8 Å². The van der Waals surface area contributed by atoms with E-state index in [0.717, 1.165) is 28.5 Å². The predicted octanol–water partition coefficient (Wildman–Crippen LogP) is 8.65. The van der Waals surface area contributed by atoms with Crippen molar-refractivity contribution in [3.05, 3.63) is 161 Å². The van der Waals surface area contributed by atoms with Gasteiger partial charge in [-0.2, -0.15) is 0 Å². The Morgan fingerprint density at radius 3 is 2.06 bits per heavy atom. The Morgan fingerprint density at radius 2 is 1.43 bits per heavy atom. The molecule has 246 valence electrons. The number of ether oxygens (including phenoxy) is 2. The van der Waals surface area contributed by atoms with Crippen molar-refractivity contribution in [3.63, 3.8) is 0 Å². The minimum Gasteiger partial charge on any atom is -0.488 e. The number of rotatable bonds is 14. The van der Waals surface area contributed by atoms with Crippen molar-refractivity contribution in [2.75, 3.05) is 6.54 Å². The molecule has 8 heteroatoms. The van der Waals surface area contributed by atoms with E-state index >= 15 is 0 Å². The van der Waals surface area contributed by atoms with E-state index in [2.05, 4.69) is 10.5 Å². The molecule has 0 unspecified atom stereocenters. The number of aryl methyl sites for hydroxylation is 2. The Bertz CT molecular complexity index is 2030. The number of benzene rings is 5. The van der Waals surface area contributed by atoms with Gasteiger partial charge in [0.05, 0.1) is 11.1 Å². The Morgan fingerprint density at radius 1 is 0.776 bits per heavy atom. The van der Waals surface area contributed by atoms with Crippen LogP contribution >= 0.6 is 0 Å². The third-order valence-corrected chi connectivity index (χ3v) is 8.03. The first kappa shape index (κ1) is 32.9. The maximum absolute atomic E-state index is 14.1. The summed E-state index contributed by atoms with van der Waals surface area (Å²) in [4.78, 5) is 24.7. The van der Waals surface area contributed by atoms with Crippen LogP contribution in [0.15, 0.2) is 126 Å². The first-order valence-corrected chi connectivity index (χ1v) is 16.1. The fourth-order valence-corrected chi connectivity index (χ4v) is 5.54. The van der Waals surface area contributed by atoms with Gasteiger partial charge in [0.25, 0.3) is 5.91 Å². The first-order valence-electron chi connectivity index (χ1n) is 16.1. The first-order chi connectivity index (χ1) is 24.0. The molecule has 0 bridgehead atoms. The zero-order chi connectivity index (χ0) is 34.0. The highest BCUT2D eigenvalue weighted by Gasteiger charge is 2.27. The van der Waals surface area contributed by atoms with Crippen LogP contribution in [0.3, 0.4) is 0 Å². The van der Waals surface area contributed by atoms with E-state index in [4.69, 9.17) is 14.0 Å². The second-order valence-corrected chi connectivity index (χ2v) is 11.5. The minimum absolute atomic E-state index is 0.107. The molecule has 0 atom stereocenters. The summed E-state index contributed by atoms with van der Waals surface area (Å²) in [7, 11) is 0. The number of carbonyl (C=O) groups excluding carboxylic acids is 2. The predicted molar refractivity (Wildman–Crippen MR) is 186 cm³/mol. The summed E-state index contributed by atoms with van der Waals surface area (Å²) in [6.45, 7) is 2.80. The smallest absolute Gasteiger partial charge is 0.274 e. The summed E-state index contributed by atoms with van der Waals surface area (Å²) in [6, 6.07) is 36.8. The zero-order valence-corrected chi connectivity index (χ0v) is 27.0. The number of aldehydes is 1. The van der Waals surface area contributed by atoms with Gasteiger partial charge in [-0.25, -0.2) is 4.39 Å². The topological polar surface area (TPSA) is 90.7 Å². The normalized spacial score (nSPS) is 10.8. The molecular weight excluding hydrogens is 619 g/mol. The fourth-order valence-electron chi connectivity index (χ4n) is 5.54. The molecule has 6 aromatic rings. The summed E-state index contributed by atoms with van der Waals surface area (Å²) in [5.41, 5.74) is 5.90. The van der Waals surface area contributed by atoms with Crippen LogP contribution < -0.4 is 14.8 Å². The lowest BCUT2D eigenvalue weighted by molar-refractivity contribution is 0.0947. The molecule has 1 N–H and O–H groups in total. The van der Waals surface area contributed by atoms with Gasteiger partial charge in [0.1, 0.15) is 36.8 Å². The number of nitrogens with one attached hydrogen (secondary N) is 1. The van der Waals surface area contributed by atoms with E-state index in [9.17, 15) is 14.0 Å². The van der Waals surface area contributed by atoms with E-state index in [-0.39, 0.29) is 18.1 Å². The third-order valence-electron chi connectivity index (χ3n) is 8.03. The van der Waals surface area contributed by atoms with Gasteiger partial charge in [-0.1, -0.05) is 102 Å². The van der Waals surface area contributed by atoms with Gasteiger partial charge in [-0.3, -0.25) is 9.59 Å². The summed E-state index contributed by atoms with van der Waals surface area (Å²) < 4.78 is 33.0. The minimum atomic E-state index is -0.395. The molecule has 1 amide bonds.